The molecule has 0 aliphatic rings. The molecule has 0 spiro atoms. The second kappa shape index (κ2) is 4.39. The highest BCUT2D eigenvalue weighted by Crippen LogP contribution is 2.17. The lowest BCUT2D eigenvalue weighted by molar-refractivity contribution is 0.0962. The molecular formula is C8H15N3O3. The second-order valence-corrected chi connectivity index (χ2v) is 3.14. The monoisotopic (exact) mass is 201 g/mol. The molecule has 14 heavy (non-hydrogen) atoms. The molecule has 0 amide bonds. The molecule has 0 radical (unpaired) electrons. The molecule has 1 heterocycles. The molecule has 80 valence electrons. The van der Waals surface area contributed by atoms with Crippen LogP contribution in [-0.4, -0.2) is 30.5 Å². The van der Waals surface area contributed by atoms with Gasteiger partial charge in [0.15, 0.2) is 5.82 Å². The first kappa shape index (κ1) is 10.9. The number of nitrogens with zero attached hydrogens (tertiary/aromatic N) is 2. The number of hydrogen-bond donors (Lipinski definition) is 1. The number of ether oxygens (including phenoxy) is 2. The van der Waals surface area contributed by atoms with Crippen LogP contribution in [0.2, 0.25) is 0 Å². The van der Waals surface area contributed by atoms with Gasteiger partial charge in [-0.1, -0.05) is 5.16 Å². The minimum atomic E-state index is -0.754. The first-order chi connectivity index (χ1) is 6.60. The van der Waals surface area contributed by atoms with Crippen molar-refractivity contribution in [3.8, 4) is 6.08 Å². The van der Waals surface area contributed by atoms with E-state index in [-0.39, 0.29) is 6.08 Å². The van der Waals surface area contributed by atoms with Crippen molar-refractivity contribution in [2.24, 2.45) is 5.73 Å². The van der Waals surface area contributed by atoms with Gasteiger partial charge in [0.2, 0.25) is 0 Å². The van der Waals surface area contributed by atoms with E-state index in [1.165, 1.54) is 7.11 Å². The lowest BCUT2D eigenvalue weighted by Crippen LogP contribution is -2.39. The SMILES string of the molecule is CCOCC(C)(N)c1noc(OC)n1. The van der Waals surface area contributed by atoms with Crippen molar-refractivity contribution in [3.63, 3.8) is 0 Å². The fraction of sp³-hybridized carbons (Fsp3) is 0.750. The standard InChI is InChI=1S/C8H15N3O3/c1-4-13-5-8(2,9)6-10-7(12-3)14-11-6/h4-5,9H2,1-3H3. The molecule has 0 saturated carbocycles. The van der Waals surface area contributed by atoms with Crippen molar-refractivity contribution >= 4 is 0 Å². The van der Waals surface area contributed by atoms with Crippen LogP contribution in [0, 0.1) is 0 Å². The van der Waals surface area contributed by atoms with Crippen molar-refractivity contribution < 1.29 is 14.0 Å². The maximum atomic E-state index is 5.93. The van der Waals surface area contributed by atoms with Crippen molar-refractivity contribution in [3.05, 3.63) is 5.82 Å². The Labute approximate surface area is 82.4 Å². The van der Waals surface area contributed by atoms with E-state index in [1.54, 1.807) is 6.92 Å². The fourth-order valence-electron chi connectivity index (χ4n) is 0.903. The third kappa shape index (κ3) is 2.43. The van der Waals surface area contributed by atoms with Gasteiger partial charge in [0.1, 0.15) is 5.54 Å². The summed E-state index contributed by atoms with van der Waals surface area (Å²) in [5.41, 5.74) is 5.17. The predicted molar refractivity (Wildman–Crippen MR) is 48.9 cm³/mol. The molecular weight excluding hydrogens is 186 g/mol. The molecule has 0 aliphatic carbocycles. The van der Waals surface area contributed by atoms with E-state index in [0.717, 1.165) is 0 Å². The number of aromatic nitrogens is 2. The van der Waals surface area contributed by atoms with Crippen molar-refractivity contribution in [1.29, 1.82) is 0 Å². The number of rotatable bonds is 5. The van der Waals surface area contributed by atoms with Gasteiger partial charge >= 0.3 is 6.08 Å². The van der Waals surface area contributed by atoms with E-state index in [9.17, 15) is 0 Å². The Morgan fingerprint density at radius 2 is 2.29 bits per heavy atom. The average molecular weight is 201 g/mol. The normalized spacial score (nSPS) is 15.1. The van der Waals surface area contributed by atoms with Crippen LogP contribution in [0.25, 0.3) is 0 Å². The van der Waals surface area contributed by atoms with Crippen molar-refractivity contribution in [1.82, 2.24) is 10.1 Å². The summed E-state index contributed by atoms with van der Waals surface area (Å²) in [7, 11) is 1.45. The largest absolute Gasteiger partial charge is 0.452 e. The van der Waals surface area contributed by atoms with E-state index in [0.29, 0.717) is 19.0 Å². The van der Waals surface area contributed by atoms with Gasteiger partial charge in [-0.15, -0.1) is 0 Å². The van der Waals surface area contributed by atoms with Crippen LogP contribution >= 0.6 is 0 Å². The molecule has 1 unspecified atom stereocenters. The van der Waals surface area contributed by atoms with Crippen LogP contribution in [0.1, 0.15) is 19.7 Å². The van der Waals surface area contributed by atoms with Gasteiger partial charge in [0.25, 0.3) is 0 Å². The van der Waals surface area contributed by atoms with Crippen LogP contribution in [0.5, 0.6) is 6.08 Å². The molecule has 0 aliphatic heterocycles. The predicted octanol–water partition coefficient (Wildman–Crippen LogP) is 0.289. The van der Waals surface area contributed by atoms with E-state index < -0.39 is 5.54 Å². The maximum absolute atomic E-state index is 5.93. The zero-order valence-electron chi connectivity index (χ0n) is 8.61. The molecule has 0 saturated heterocycles. The van der Waals surface area contributed by atoms with Crippen LogP contribution in [0.3, 0.4) is 0 Å². The summed E-state index contributed by atoms with van der Waals surface area (Å²) in [4.78, 5) is 3.95. The third-order valence-electron chi connectivity index (χ3n) is 1.70. The topological polar surface area (TPSA) is 83.4 Å². The Hall–Kier alpha value is -1.14. The quantitative estimate of drug-likeness (QED) is 0.737. The van der Waals surface area contributed by atoms with Crippen LogP contribution in [-0.2, 0) is 10.3 Å². The minimum absolute atomic E-state index is 0.105. The maximum Gasteiger partial charge on any atom is 0.417 e. The van der Waals surface area contributed by atoms with Gasteiger partial charge in [0, 0.05) is 6.61 Å². The second-order valence-electron chi connectivity index (χ2n) is 3.14. The zero-order chi connectivity index (χ0) is 10.6. The summed E-state index contributed by atoms with van der Waals surface area (Å²) in [5.74, 6) is 0.378. The molecule has 0 bridgehead atoms. The lowest BCUT2D eigenvalue weighted by atomic mass is 10.1. The van der Waals surface area contributed by atoms with Gasteiger partial charge in [0.05, 0.1) is 13.7 Å². The van der Waals surface area contributed by atoms with E-state index in [1.807, 2.05) is 6.92 Å². The Morgan fingerprint density at radius 1 is 1.57 bits per heavy atom. The Kier molecular flexibility index (Phi) is 3.43. The summed E-state index contributed by atoms with van der Waals surface area (Å²) >= 11 is 0. The molecule has 1 rings (SSSR count). The van der Waals surface area contributed by atoms with Gasteiger partial charge in [-0.2, -0.15) is 4.98 Å². The Bertz CT molecular complexity index is 285. The molecule has 1 aromatic heterocycles. The third-order valence-corrected chi connectivity index (χ3v) is 1.70. The van der Waals surface area contributed by atoms with Gasteiger partial charge < -0.3 is 15.2 Å². The van der Waals surface area contributed by atoms with E-state index >= 15 is 0 Å². The molecule has 6 heteroatoms. The van der Waals surface area contributed by atoms with Crippen LogP contribution < -0.4 is 10.5 Å². The Balaban J connectivity index is 2.70. The highest BCUT2D eigenvalue weighted by Gasteiger charge is 2.28. The zero-order valence-corrected chi connectivity index (χ0v) is 8.61. The summed E-state index contributed by atoms with van der Waals surface area (Å²) in [6, 6.07) is 0. The summed E-state index contributed by atoms with van der Waals surface area (Å²) in [6.07, 6.45) is 0.105. The van der Waals surface area contributed by atoms with Gasteiger partial charge in [-0.3, -0.25) is 4.52 Å². The lowest BCUT2D eigenvalue weighted by Gasteiger charge is -2.19. The molecule has 1 aromatic rings. The van der Waals surface area contributed by atoms with E-state index in [2.05, 4.69) is 10.1 Å². The first-order valence-corrected chi connectivity index (χ1v) is 4.35. The molecule has 0 aromatic carbocycles. The number of nitrogens with two attached hydrogens (primary N) is 1. The van der Waals surface area contributed by atoms with Crippen molar-refractivity contribution in [2.45, 2.75) is 19.4 Å². The minimum Gasteiger partial charge on any atom is -0.452 e. The summed E-state index contributed by atoms with van der Waals surface area (Å²) in [6.45, 7) is 4.60. The summed E-state index contributed by atoms with van der Waals surface area (Å²) < 4.78 is 14.7. The smallest absolute Gasteiger partial charge is 0.417 e. The first-order valence-electron chi connectivity index (χ1n) is 4.35. The fourth-order valence-corrected chi connectivity index (χ4v) is 0.903. The van der Waals surface area contributed by atoms with E-state index in [4.69, 9.17) is 19.7 Å². The molecule has 0 fully saturated rings. The molecule has 2 N–H and O–H groups in total. The average Bonchev–Trinajstić information content (AvgIpc) is 2.63. The van der Waals surface area contributed by atoms with Crippen LogP contribution in [0.15, 0.2) is 4.52 Å². The summed E-state index contributed by atoms with van der Waals surface area (Å²) in [5, 5.41) is 3.70. The number of methoxy groups -OCH3 is 1. The van der Waals surface area contributed by atoms with Gasteiger partial charge in [-0.25, -0.2) is 0 Å². The molecule has 1 atom stereocenters. The number of hydrogen-bond acceptors (Lipinski definition) is 6. The highest BCUT2D eigenvalue weighted by atomic mass is 16.6. The van der Waals surface area contributed by atoms with Crippen LogP contribution in [0.4, 0.5) is 0 Å². The highest BCUT2D eigenvalue weighted by molar-refractivity contribution is 5.03. The molecule has 6 nitrogen and oxygen atoms in total. The van der Waals surface area contributed by atoms with Crippen molar-refractivity contribution in [2.75, 3.05) is 20.3 Å². The van der Waals surface area contributed by atoms with Gasteiger partial charge in [-0.05, 0) is 13.8 Å². The Morgan fingerprint density at radius 3 is 2.79 bits per heavy atom.